The molecular formula is C12H11BrO3. The van der Waals surface area contributed by atoms with Gasteiger partial charge in [0.25, 0.3) is 0 Å². The number of carbonyl (C=O) groups excluding carboxylic acids is 1. The molecule has 1 aromatic heterocycles. The summed E-state index contributed by atoms with van der Waals surface area (Å²) in [6.45, 7) is 3.87. The van der Waals surface area contributed by atoms with Gasteiger partial charge < -0.3 is 9.15 Å². The van der Waals surface area contributed by atoms with Crippen LogP contribution < -0.4 is 0 Å². The van der Waals surface area contributed by atoms with Crippen LogP contribution in [0.5, 0.6) is 0 Å². The second-order valence-corrected chi connectivity index (χ2v) is 4.46. The summed E-state index contributed by atoms with van der Waals surface area (Å²) in [6, 6.07) is 3.49. The highest BCUT2D eigenvalue weighted by molar-refractivity contribution is 9.10. The molecule has 1 heterocycles. The van der Waals surface area contributed by atoms with E-state index in [9.17, 15) is 4.79 Å². The highest BCUT2D eigenvalue weighted by Gasteiger charge is 2.14. The van der Waals surface area contributed by atoms with E-state index in [2.05, 4.69) is 15.9 Å². The largest absolute Gasteiger partial charge is 0.465 e. The fourth-order valence-corrected chi connectivity index (χ4v) is 2.17. The van der Waals surface area contributed by atoms with Gasteiger partial charge in [0.05, 0.1) is 17.1 Å². The van der Waals surface area contributed by atoms with Gasteiger partial charge in [-0.3, -0.25) is 0 Å². The maximum atomic E-state index is 11.5. The number of esters is 1. The predicted octanol–water partition coefficient (Wildman–Crippen LogP) is 3.60. The van der Waals surface area contributed by atoms with Gasteiger partial charge in [0, 0.05) is 5.39 Å². The topological polar surface area (TPSA) is 39.4 Å². The average molecular weight is 283 g/mol. The fraction of sp³-hybridized carbons (Fsp3) is 0.250. The average Bonchev–Trinajstić information content (AvgIpc) is 2.56. The second kappa shape index (κ2) is 3.94. The first-order valence-electron chi connectivity index (χ1n) is 4.82. The van der Waals surface area contributed by atoms with Gasteiger partial charge in [-0.1, -0.05) is 0 Å². The zero-order chi connectivity index (χ0) is 11.9. The summed E-state index contributed by atoms with van der Waals surface area (Å²) in [5.74, 6) is 0.513. The highest BCUT2D eigenvalue weighted by Crippen LogP contribution is 2.32. The highest BCUT2D eigenvalue weighted by atomic mass is 79.9. The Morgan fingerprint density at radius 1 is 1.38 bits per heavy atom. The number of furan rings is 1. The van der Waals surface area contributed by atoms with Crippen molar-refractivity contribution in [3.05, 3.63) is 33.5 Å². The Kier molecular flexibility index (Phi) is 2.76. The summed E-state index contributed by atoms with van der Waals surface area (Å²) in [4.78, 5) is 11.5. The molecule has 2 rings (SSSR count). The quantitative estimate of drug-likeness (QED) is 0.751. The molecule has 16 heavy (non-hydrogen) atoms. The lowest BCUT2D eigenvalue weighted by molar-refractivity contribution is 0.0601. The molecule has 0 unspecified atom stereocenters. The Bertz CT molecular complexity index is 569. The van der Waals surface area contributed by atoms with Crippen LogP contribution >= 0.6 is 15.9 Å². The molecule has 0 amide bonds. The van der Waals surface area contributed by atoms with Crippen molar-refractivity contribution in [2.45, 2.75) is 13.8 Å². The lowest BCUT2D eigenvalue weighted by Crippen LogP contribution is -2.00. The number of hydrogen-bond donors (Lipinski definition) is 0. The van der Waals surface area contributed by atoms with Gasteiger partial charge in [-0.15, -0.1) is 0 Å². The van der Waals surface area contributed by atoms with Crippen molar-refractivity contribution >= 4 is 32.9 Å². The number of fused-ring (bicyclic) bond motifs is 1. The minimum Gasteiger partial charge on any atom is -0.465 e. The minimum absolute atomic E-state index is 0.346. The first-order chi connectivity index (χ1) is 7.54. The zero-order valence-corrected chi connectivity index (χ0v) is 10.8. The van der Waals surface area contributed by atoms with E-state index in [4.69, 9.17) is 9.15 Å². The molecular weight excluding hydrogens is 272 g/mol. The minimum atomic E-state index is -0.346. The molecule has 0 spiro atoms. The predicted molar refractivity (Wildman–Crippen MR) is 64.7 cm³/mol. The third-order valence-electron chi connectivity index (χ3n) is 2.65. The molecule has 0 bridgehead atoms. The van der Waals surface area contributed by atoms with E-state index in [1.54, 1.807) is 12.1 Å². The molecule has 2 aromatic rings. The maximum Gasteiger partial charge on any atom is 0.337 e. The Balaban J connectivity index is 2.75. The number of ether oxygens (including phenoxy) is 1. The molecule has 1 aromatic carbocycles. The molecule has 0 fully saturated rings. The van der Waals surface area contributed by atoms with E-state index in [0.29, 0.717) is 5.56 Å². The molecule has 0 aliphatic carbocycles. The smallest absolute Gasteiger partial charge is 0.337 e. The van der Waals surface area contributed by atoms with E-state index in [1.165, 1.54) is 7.11 Å². The molecule has 0 aliphatic heterocycles. The third kappa shape index (κ3) is 1.63. The summed E-state index contributed by atoms with van der Waals surface area (Å²) < 4.78 is 11.1. The Morgan fingerprint density at radius 3 is 2.69 bits per heavy atom. The van der Waals surface area contributed by atoms with E-state index in [1.807, 2.05) is 13.8 Å². The van der Waals surface area contributed by atoms with Crippen molar-refractivity contribution in [3.63, 3.8) is 0 Å². The van der Waals surface area contributed by atoms with E-state index < -0.39 is 0 Å². The number of methoxy groups -OCH3 is 1. The molecule has 84 valence electrons. The van der Waals surface area contributed by atoms with Crippen LogP contribution in [0.1, 0.15) is 21.7 Å². The van der Waals surface area contributed by atoms with Gasteiger partial charge in [-0.25, -0.2) is 4.79 Å². The molecule has 0 aliphatic rings. The van der Waals surface area contributed by atoms with Gasteiger partial charge >= 0.3 is 5.97 Å². The molecule has 0 radical (unpaired) electrons. The number of aryl methyl sites for hydroxylation is 2. The Hall–Kier alpha value is -1.29. The van der Waals surface area contributed by atoms with Gasteiger partial charge in [0.1, 0.15) is 11.3 Å². The second-order valence-electron chi connectivity index (χ2n) is 3.61. The fourth-order valence-electron chi connectivity index (χ4n) is 1.63. The lowest BCUT2D eigenvalue weighted by atomic mass is 10.1. The van der Waals surface area contributed by atoms with Crippen LogP contribution in [0.2, 0.25) is 0 Å². The van der Waals surface area contributed by atoms with Gasteiger partial charge in [-0.2, -0.15) is 0 Å². The van der Waals surface area contributed by atoms with E-state index >= 15 is 0 Å². The standard InChI is InChI=1S/C12H11BrO3/c1-6-7(2)16-11-9(6)4-8(5-10(11)13)12(14)15-3/h4-5H,1-3H3. The normalized spacial score (nSPS) is 10.8. The summed E-state index contributed by atoms with van der Waals surface area (Å²) in [7, 11) is 1.37. The lowest BCUT2D eigenvalue weighted by Gasteiger charge is -2.00. The molecule has 0 saturated carbocycles. The molecule has 0 N–H and O–H groups in total. The first-order valence-corrected chi connectivity index (χ1v) is 5.61. The van der Waals surface area contributed by atoms with Crippen LogP contribution in [0.4, 0.5) is 0 Å². The van der Waals surface area contributed by atoms with Crippen molar-refractivity contribution in [1.29, 1.82) is 0 Å². The van der Waals surface area contributed by atoms with Gasteiger partial charge in [0.15, 0.2) is 0 Å². The molecule has 0 atom stereocenters. The number of halogens is 1. The number of benzene rings is 1. The first kappa shape index (κ1) is 11.2. The van der Waals surface area contributed by atoms with Crippen LogP contribution in [0.3, 0.4) is 0 Å². The molecule has 4 heteroatoms. The summed E-state index contributed by atoms with van der Waals surface area (Å²) in [5, 5.41) is 0.937. The van der Waals surface area contributed by atoms with Crippen LogP contribution in [-0.4, -0.2) is 13.1 Å². The van der Waals surface area contributed by atoms with Crippen LogP contribution in [0, 0.1) is 13.8 Å². The third-order valence-corrected chi connectivity index (χ3v) is 3.24. The number of carbonyl (C=O) groups is 1. The van der Waals surface area contributed by atoms with Crippen molar-refractivity contribution in [3.8, 4) is 0 Å². The Labute approximate surface area is 102 Å². The van der Waals surface area contributed by atoms with Crippen molar-refractivity contribution < 1.29 is 13.9 Å². The monoisotopic (exact) mass is 282 g/mol. The van der Waals surface area contributed by atoms with Crippen molar-refractivity contribution in [1.82, 2.24) is 0 Å². The number of rotatable bonds is 1. The summed E-state index contributed by atoms with van der Waals surface area (Å²) in [6.07, 6.45) is 0. The molecule has 0 saturated heterocycles. The van der Waals surface area contributed by atoms with Gasteiger partial charge in [0.2, 0.25) is 0 Å². The molecule has 3 nitrogen and oxygen atoms in total. The zero-order valence-electron chi connectivity index (χ0n) is 9.26. The van der Waals surface area contributed by atoms with Crippen LogP contribution in [-0.2, 0) is 4.74 Å². The van der Waals surface area contributed by atoms with Crippen LogP contribution in [0.15, 0.2) is 21.0 Å². The maximum absolute atomic E-state index is 11.5. The number of hydrogen-bond acceptors (Lipinski definition) is 3. The van der Waals surface area contributed by atoms with Crippen molar-refractivity contribution in [2.24, 2.45) is 0 Å². The van der Waals surface area contributed by atoms with E-state index in [0.717, 1.165) is 26.8 Å². The van der Waals surface area contributed by atoms with Crippen molar-refractivity contribution in [2.75, 3.05) is 7.11 Å². The van der Waals surface area contributed by atoms with E-state index in [-0.39, 0.29) is 5.97 Å². The van der Waals surface area contributed by atoms with Gasteiger partial charge in [-0.05, 0) is 47.5 Å². The van der Waals surface area contributed by atoms with Crippen LogP contribution in [0.25, 0.3) is 11.0 Å². The Morgan fingerprint density at radius 2 is 2.06 bits per heavy atom. The summed E-state index contributed by atoms with van der Waals surface area (Å²) in [5.41, 5.74) is 2.33. The SMILES string of the molecule is COC(=O)c1cc(Br)c2oc(C)c(C)c2c1. The summed E-state index contributed by atoms with van der Waals surface area (Å²) >= 11 is 3.39.